The number of thiophene rings is 1. The highest BCUT2D eigenvalue weighted by atomic mass is 32.1. The Morgan fingerprint density at radius 2 is 2.07 bits per heavy atom. The van der Waals surface area contributed by atoms with Crippen molar-refractivity contribution in [1.82, 2.24) is 14.9 Å². The van der Waals surface area contributed by atoms with Gasteiger partial charge in [-0.2, -0.15) is 0 Å². The van der Waals surface area contributed by atoms with E-state index in [1.165, 1.54) is 10.4 Å². The van der Waals surface area contributed by atoms with Gasteiger partial charge in [-0.15, -0.1) is 11.3 Å². The number of carbonyl (C=O) groups is 1. The number of carbonyl (C=O) groups excluding carboxylic acids is 1. The predicted molar refractivity (Wildman–Crippen MR) is 107 cm³/mol. The number of hydrogen-bond acceptors (Lipinski definition) is 4. The molecule has 1 N–H and O–H groups in total. The van der Waals surface area contributed by atoms with Crippen molar-refractivity contribution in [2.24, 2.45) is 0 Å². The van der Waals surface area contributed by atoms with E-state index in [4.69, 9.17) is 0 Å². The second-order valence-corrected chi connectivity index (χ2v) is 7.78. The summed E-state index contributed by atoms with van der Waals surface area (Å²) in [7, 11) is 0. The lowest BCUT2D eigenvalue weighted by Crippen LogP contribution is -2.35. The number of amides is 1. The average Bonchev–Trinajstić information content (AvgIpc) is 3.15. The first-order chi connectivity index (χ1) is 13.1. The molecule has 0 atom stereocenters. The third kappa shape index (κ3) is 3.71. The highest BCUT2D eigenvalue weighted by molar-refractivity contribution is 7.10. The number of aromatic amines is 1. The van der Waals surface area contributed by atoms with Crippen LogP contribution in [-0.2, 0) is 24.2 Å². The molecule has 0 bridgehead atoms. The van der Waals surface area contributed by atoms with Crippen LogP contribution < -0.4 is 5.56 Å². The average molecular weight is 379 g/mol. The summed E-state index contributed by atoms with van der Waals surface area (Å²) in [5.41, 5.74) is 3.25. The first kappa shape index (κ1) is 17.7. The van der Waals surface area contributed by atoms with Gasteiger partial charge in [0.1, 0.15) is 5.82 Å². The zero-order chi connectivity index (χ0) is 18.8. The molecule has 0 aliphatic carbocycles. The maximum atomic E-state index is 12.6. The van der Waals surface area contributed by atoms with E-state index < -0.39 is 0 Å². The molecule has 0 radical (unpaired) electrons. The van der Waals surface area contributed by atoms with Crippen LogP contribution in [0.25, 0.3) is 11.4 Å². The molecule has 4 rings (SSSR count). The molecular formula is C21H21N3O2S. The molecule has 5 nitrogen and oxygen atoms in total. The molecule has 1 amide bonds. The summed E-state index contributed by atoms with van der Waals surface area (Å²) in [5, 5.41) is 2.08. The number of nitrogens with one attached hydrogen (secondary N) is 1. The van der Waals surface area contributed by atoms with Crippen molar-refractivity contribution in [2.45, 2.75) is 32.7 Å². The molecule has 1 aromatic carbocycles. The second kappa shape index (κ2) is 7.48. The first-order valence-corrected chi connectivity index (χ1v) is 9.98. The van der Waals surface area contributed by atoms with Gasteiger partial charge in [0.25, 0.3) is 5.56 Å². The molecule has 1 aliphatic rings. The van der Waals surface area contributed by atoms with E-state index in [0.717, 1.165) is 18.5 Å². The Hall–Kier alpha value is -2.73. The smallest absolute Gasteiger partial charge is 0.254 e. The molecule has 6 heteroatoms. The molecule has 0 spiro atoms. The Labute approximate surface area is 161 Å². The van der Waals surface area contributed by atoms with E-state index in [9.17, 15) is 9.59 Å². The maximum absolute atomic E-state index is 12.6. The van der Waals surface area contributed by atoms with Gasteiger partial charge < -0.3 is 9.88 Å². The van der Waals surface area contributed by atoms with Crippen molar-refractivity contribution in [3.8, 4) is 11.4 Å². The van der Waals surface area contributed by atoms with Crippen LogP contribution in [0, 0.1) is 6.92 Å². The monoisotopic (exact) mass is 379 g/mol. The van der Waals surface area contributed by atoms with Crippen LogP contribution in [0.3, 0.4) is 0 Å². The minimum absolute atomic E-state index is 0.0952. The van der Waals surface area contributed by atoms with Crippen molar-refractivity contribution < 1.29 is 4.79 Å². The zero-order valence-corrected chi connectivity index (χ0v) is 16.0. The van der Waals surface area contributed by atoms with Crippen LogP contribution in [-0.4, -0.2) is 27.3 Å². The fourth-order valence-electron chi connectivity index (χ4n) is 3.49. The lowest BCUT2D eigenvalue weighted by atomic mass is 10.1. The minimum Gasteiger partial charge on any atom is -0.338 e. The number of benzene rings is 1. The molecular weight excluding hydrogens is 358 g/mol. The molecule has 0 saturated carbocycles. The summed E-state index contributed by atoms with van der Waals surface area (Å²) in [6.45, 7) is 3.27. The van der Waals surface area contributed by atoms with E-state index in [1.807, 2.05) is 42.2 Å². The number of hydrogen-bond donors (Lipinski definition) is 1. The summed E-state index contributed by atoms with van der Waals surface area (Å²) in [5.74, 6) is 0.659. The zero-order valence-electron chi connectivity index (χ0n) is 15.2. The van der Waals surface area contributed by atoms with Gasteiger partial charge in [-0.1, -0.05) is 30.3 Å². The molecule has 0 saturated heterocycles. The van der Waals surface area contributed by atoms with Crippen LogP contribution in [0.5, 0.6) is 0 Å². The lowest BCUT2D eigenvalue weighted by molar-refractivity contribution is -0.132. The SMILES string of the molecule is Cc1nc(-c2ccccc2)[nH]c(=O)c1CCC(=O)N1CCc2sccc2C1. The Kier molecular flexibility index (Phi) is 4.90. The largest absolute Gasteiger partial charge is 0.338 e. The van der Waals surface area contributed by atoms with Gasteiger partial charge in [-0.05, 0) is 36.8 Å². The lowest BCUT2D eigenvalue weighted by Gasteiger charge is -2.27. The van der Waals surface area contributed by atoms with Crippen LogP contribution in [0.1, 0.15) is 28.1 Å². The fourth-order valence-corrected chi connectivity index (χ4v) is 4.38. The minimum atomic E-state index is -0.159. The van der Waals surface area contributed by atoms with E-state index in [-0.39, 0.29) is 11.5 Å². The summed E-state index contributed by atoms with van der Waals surface area (Å²) < 4.78 is 0. The quantitative estimate of drug-likeness (QED) is 0.756. The van der Waals surface area contributed by atoms with Gasteiger partial charge >= 0.3 is 0 Å². The van der Waals surface area contributed by atoms with Crippen molar-refractivity contribution in [2.75, 3.05) is 6.54 Å². The van der Waals surface area contributed by atoms with E-state index in [0.29, 0.717) is 36.5 Å². The second-order valence-electron chi connectivity index (χ2n) is 6.78. The van der Waals surface area contributed by atoms with Crippen LogP contribution in [0.4, 0.5) is 0 Å². The Morgan fingerprint density at radius 1 is 1.26 bits per heavy atom. The Morgan fingerprint density at radius 3 is 2.85 bits per heavy atom. The third-order valence-corrected chi connectivity index (χ3v) is 6.04. The van der Waals surface area contributed by atoms with Gasteiger partial charge in [-0.25, -0.2) is 4.98 Å². The third-order valence-electron chi connectivity index (χ3n) is 5.02. The van der Waals surface area contributed by atoms with Crippen molar-refractivity contribution in [3.63, 3.8) is 0 Å². The van der Waals surface area contributed by atoms with Crippen LogP contribution in [0.15, 0.2) is 46.6 Å². The number of aromatic nitrogens is 2. The summed E-state index contributed by atoms with van der Waals surface area (Å²) in [6.07, 6.45) is 1.66. The number of fused-ring (bicyclic) bond motifs is 1. The van der Waals surface area contributed by atoms with E-state index >= 15 is 0 Å². The number of aryl methyl sites for hydroxylation is 1. The number of H-pyrrole nitrogens is 1. The molecule has 0 unspecified atom stereocenters. The van der Waals surface area contributed by atoms with Gasteiger partial charge in [0.05, 0.1) is 0 Å². The van der Waals surface area contributed by atoms with Gasteiger partial charge in [0.15, 0.2) is 0 Å². The molecule has 27 heavy (non-hydrogen) atoms. The number of rotatable bonds is 4. The normalized spacial score (nSPS) is 13.4. The van der Waals surface area contributed by atoms with Gasteiger partial charge in [0, 0.05) is 41.2 Å². The molecule has 3 aromatic rings. The van der Waals surface area contributed by atoms with Crippen molar-refractivity contribution >= 4 is 17.2 Å². The van der Waals surface area contributed by atoms with Crippen molar-refractivity contribution in [3.05, 3.63) is 73.8 Å². The highest BCUT2D eigenvalue weighted by Gasteiger charge is 2.22. The van der Waals surface area contributed by atoms with E-state index in [1.54, 1.807) is 11.3 Å². The highest BCUT2D eigenvalue weighted by Crippen LogP contribution is 2.24. The van der Waals surface area contributed by atoms with Gasteiger partial charge in [0.2, 0.25) is 5.91 Å². The summed E-state index contributed by atoms with van der Waals surface area (Å²) >= 11 is 1.76. The molecule has 1 aliphatic heterocycles. The molecule has 3 heterocycles. The standard InChI is InChI=1S/C21H21N3O2S/c1-14-17(21(26)23-20(22-14)15-5-3-2-4-6-15)7-8-19(25)24-11-9-18-16(13-24)10-12-27-18/h2-6,10,12H,7-9,11,13H2,1H3,(H,22,23,26). The topological polar surface area (TPSA) is 66.1 Å². The fraction of sp³-hybridized carbons (Fsp3) is 0.286. The predicted octanol–water partition coefficient (Wildman–Crippen LogP) is 3.32. The van der Waals surface area contributed by atoms with Crippen LogP contribution in [0.2, 0.25) is 0 Å². The molecule has 0 fully saturated rings. The maximum Gasteiger partial charge on any atom is 0.254 e. The first-order valence-electron chi connectivity index (χ1n) is 9.10. The van der Waals surface area contributed by atoms with Gasteiger partial charge in [-0.3, -0.25) is 9.59 Å². The van der Waals surface area contributed by atoms with Crippen molar-refractivity contribution in [1.29, 1.82) is 0 Å². The Bertz CT molecular complexity index is 1020. The molecule has 138 valence electrons. The summed E-state index contributed by atoms with van der Waals surface area (Å²) in [6, 6.07) is 11.7. The van der Waals surface area contributed by atoms with E-state index in [2.05, 4.69) is 21.4 Å². The Balaban J connectivity index is 1.45. The molecule has 2 aromatic heterocycles. The van der Waals surface area contributed by atoms with Crippen LogP contribution >= 0.6 is 11.3 Å². The summed E-state index contributed by atoms with van der Waals surface area (Å²) in [4.78, 5) is 35.8. The number of nitrogens with zero attached hydrogens (tertiary/aromatic N) is 2.